The highest BCUT2D eigenvalue weighted by Gasteiger charge is 2.27. The lowest BCUT2D eigenvalue weighted by atomic mass is 9.76. The first-order valence-corrected chi connectivity index (χ1v) is 12.5. The highest BCUT2D eigenvalue weighted by molar-refractivity contribution is 5.75. The van der Waals surface area contributed by atoms with Gasteiger partial charge in [-0.25, -0.2) is 10.1 Å². The van der Waals surface area contributed by atoms with E-state index >= 15 is 0 Å². The lowest BCUT2D eigenvalue weighted by molar-refractivity contribution is 0.205. The van der Waals surface area contributed by atoms with Gasteiger partial charge in [0.1, 0.15) is 5.52 Å². The number of hydrogen-bond donors (Lipinski definition) is 3. The van der Waals surface area contributed by atoms with Crippen molar-refractivity contribution in [1.29, 1.82) is 0 Å². The van der Waals surface area contributed by atoms with Crippen LogP contribution in [0.3, 0.4) is 0 Å². The third kappa shape index (κ3) is 5.14. The summed E-state index contributed by atoms with van der Waals surface area (Å²) in [4.78, 5) is 4.20. The van der Waals surface area contributed by atoms with Crippen LogP contribution in [0.15, 0.2) is 53.7 Å². The molecule has 2 aromatic carbocycles. The Labute approximate surface area is 201 Å². The molecule has 0 radical (unpaired) electrons. The molecule has 3 atom stereocenters. The predicted molar refractivity (Wildman–Crippen MR) is 140 cm³/mol. The number of nitrogens with zero attached hydrogens (tertiary/aromatic N) is 4. The fraction of sp³-hybridized carbons (Fsp3) is 0.444. The molecule has 1 aromatic heterocycles. The second-order valence-corrected chi connectivity index (χ2v) is 9.69. The van der Waals surface area contributed by atoms with Crippen molar-refractivity contribution in [3.05, 3.63) is 59.8 Å². The molecule has 0 bridgehead atoms. The SMILES string of the molecule is CNNc1ccc(CC2CCCCC2Cn2nnc3ccc(C)cc32)cc1NC1C=CN=CC1. The topological polar surface area (TPSA) is 79.2 Å². The van der Waals surface area contributed by atoms with Crippen molar-refractivity contribution in [3.63, 3.8) is 0 Å². The molecule has 1 aliphatic carbocycles. The molecule has 1 fully saturated rings. The molecule has 2 aliphatic rings. The number of aliphatic imine (C=N–C) groups is 1. The summed E-state index contributed by atoms with van der Waals surface area (Å²) in [7, 11) is 1.90. The quantitative estimate of drug-likeness (QED) is 0.410. The number of hydrogen-bond acceptors (Lipinski definition) is 6. The van der Waals surface area contributed by atoms with Crippen molar-refractivity contribution in [2.75, 3.05) is 17.8 Å². The van der Waals surface area contributed by atoms with Crippen LogP contribution >= 0.6 is 0 Å². The van der Waals surface area contributed by atoms with E-state index in [9.17, 15) is 0 Å². The zero-order valence-electron chi connectivity index (χ0n) is 20.2. The van der Waals surface area contributed by atoms with Gasteiger partial charge in [-0.05, 0) is 79.5 Å². The molecule has 3 N–H and O–H groups in total. The maximum atomic E-state index is 4.51. The van der Waals surface area contributed by atoms with Gasteiger partial charge in [0.2, 0.25) is 0 Å². The van der Waals surface area contributed by atoms with Crippen LogP contribution in [-0.4, -0.2) is 34.3 Å². The smallest absolute Gasteiger partial charge is 0.113 e. The number of benzene rings is 2. The lowest BCUT2D eigenvalue weighted by Gasteiger charge is -2.32. The average molecular weight is 458 g/mol. The van der Waals surface area contributed by atoms with Gasteiger partial charge >= 0.3 is 0 Å². The number of nitrogens with one attached hydrogen (secondary N) is 3. The molecule has 7 heteroatoms. The van der Waals surface area contributed by atoms with E-state index in [1.54, 1.807) is 0 Å². The molecule has 34 heavy (non-hydrogen) atoms. The second-order valence-electron chi connectivity index (χ2n) is 9.69. The first-order chi connectivity index (χ1) is 16.7. The summed E-state index contributed by atoms with van der Waals surface area (Å²) in [5, 5.41) is 12.6. The molecule has 5 rings (SSSR count). The normalized spacial score (nSPS) is 22.2. The summed E-state index contributed by atoms with van der Waals surface area (Å²) >= 11 is 0. The minimum Gasteiger partial charge on any atom is -0.377 e. The summed E-state index contributed by atoms with van der Waals surface area (Å²) in [6.45, 7) is 3.08. The van der Waals surface area contributed by atoms with Gasteiger partial charge in [-0.15, -0.1) is 5.10 Å². The maximum Gasteiger partial charge on any atom is 0.113 e. The number of rotatable bonds is 8. The van der Waals surface area contributed by atoms with Crippen LogP contribution in [0.1, 0.15) is 43.2 Å². The summed E-state index contributed by atoms with van der Waals surface area (Å²) in [5.74, 6) is 1.26. The molecular weight excluding hydrogens is 422 g/mol. The maximum absolute atomic E-state index is 4.51. The summed E-state index contributed by atoms with van der Waals surface area (Å²) in [5.41, 5.74) is 13.3. The fourth-order valence-electron chi connectivity index (χ4n) is 5.38. The Morgan fingerprint density at radius 2 is 1.91 bits per heavy atom. The van der Waals surface area contributed by atoms with Gasteiger partial charge in [-0.3, -0.25) is 4.99 Å². The molecule has 1 saturated carbocycles. The number of hydrazine groups is 1. The Morgan fingerprint density at radius 1 is 1.03 bits per heavy atom. The minimum atomic E-state index is 0.261. The van der Waals surface area contributed by atoms with E-state index < -0.39 is 0 Å². The third-order valence-electron chi connectivity index (χ3n) is 7.19. The molecule has 0 spiro atoms. The van der Waals surface area contributed by atoms with Crippen molar-refractivity contribution >= 4 is 28.6 Å². The molecule has 0 saturated heterocycles. The van der Waals surface area contributed by atoms with E-state index in [0.29, 0.717) is 11.8 Å². The van der Waals surface area contributed by atoms with E-state index in [4.69, 9.17) is 0 Å². The molecule has 7 nitrogen and oxygen atoms in total. The Balaban J connectivity index is 1.34. The number of aromatic nitrogens is 3. The highest BCUT2D eigenvalue weighted by Crippen LogP contribution is 2.35. The van der Waals surface area contributed by atoms with Crippen molar-refractivity contribution in [3.8, 4) is 0 Å². The van der Waals surface area contributed by atoms with Crippen LogP contribution in [-0.2, 0) is 13.0 Å². The van der Waals surface area contributed by atoms with Crippen LogP contribution in [0.2, 0.25) is 0 Å². The monoisotopic (exact) mass is 457 g/mol. The molecule has 178 valence electrons. The molecule has 3 unspecified atom stereocenters. The van der Waals surface area contributed by atoms with E-state index in [2.05, 4.69) is 85.6 Å². The largest absolute Gasteiger partial charge is 0.377 e. The van der Waals surface area contributed by atoms with Gasteiger partial charge in [-0.2, -0.15) is 0 Å². The molecular formula is C27H35N7. The van der Waals surface area contributed by atoms with Gasteiger partial charge in [-0.1, -0.05) is 30.2 Å². The first-order valence-electron chi connectivity index (χ1n) is 12.5. The van der Waals surface area contributed by atoms with Crippen LogP contribution in [0.4, 0.5) is 11.4 Å². The predicted octanol–water partition coefficient (Wildman–Crippen LogP) is 5.10. The van der Waals surface area contributed by atoms with Crippen molar-refractivity contribution in [1.82, 2.24) is 20.4 Å². The third-order valence-corrected chi connectivity index (χ3v) is 7.19. The Hall–Kier alpha value is -3.19. The van der Waals surface area contributed by atoms with Gasteiger partial charge < -0.3 is 10.7 Å². The van der Waals surface area contributed by atoms with Gasteiger partial charge in [0.05, 0.1) is 22.9 Å². The fourth-order valence-corrected chi connectivity index (χ4v) is 5.38. The van der Waals surface area contributed by atoms with Crippen LogP contribution in [0.25, 0.3) is 11.0 Å². The van der Waals surface area contributed by atoms with Crippen LogP contribution < -0.4 is 16.2 Å². The molecule has 1 aliphatic heterocycles. The molecule has 3 aromatic rings. The Morgan fingerprint density at radius 3 is 2.74 bits per heavy atom. The molecule has 2 heterocycles. The zero-order valence-corrected chi connectivity index (χ0v) is 20.2. The standard InChI is InChI=1S/C27H35N7/c1-19-7-9-25-27(15-19)34(33-32-25)18-22-6-4-3-5-21(22)16-20-8-10-24(31-28-2)26(17-20)30-23-11-13-29-14-12-23/h7-11,13-15,17,21-23,28,30-31H,3-6,12,16,18H2,1-2H3. The number of aryl methyl sites for hydroxylation is 1. The van der Waals surface area contributed by atoms with Crippen LogP contribution in [0.5, 0.6) is 0 Å². The summed E-state index contributed by atoms with van der Waals surface area (Å²) in [6.07, 6.45) is 13.1. The second kappa shape index (κ2) is 10.4. The average Bonchev–Trinajstić information content (AvgIpc) is 3.24. The van der Waals surface area contributed by atoms with Crippen molar-refractivity contribution in [2.45, 2.75) is 58.0 Å². The van der Waals surface area contributed by atoms with E-state index in [1.807, 2.05) is 19.5 Å². The number of anilines is 2. The highest BCUT2D eigenvalue weighted by atomic mass is 15.4. The van der Waals surface area contributed by atoms with Crippen LogP contribution in [0, 0.1) is 18.8 Å². The van der Waals surface area contributed by atoms with Crippen molar-refractivity contribution in [2.24, 2.45) is 16.8 Å². The lowest BCUT2D eigenvalue weighted by Crippen LogP contribution is -2.26. The van der Waals surface area contributed by atoms with Gasteiger partial charge in [0.25, 0.3) is 0 Å². The first kappa shape index (κ1) is 22.6. The Kier molecular flexibility index (Phi) is 6.90. The van der Waals surface area contributed by atoms with E-state index in [-0.39, 0.29) is 6.04 Å². The van der Waals surface area contributed by atoms with Crippen molar-refractivity contribution < 1.29 is 0 Å². The summed E-state index contributed by atoms with van der Waals surface area (Å²) < 4.78 is 2.13. The zero-order chi connectivity index (χ0) is 23.3. The number of fused-ring (bicyclic) bond motifs is 1. The van der Waals surface area contributed by atoms with E-state index in [1.165, 1.54) is 36.8 Å². The van der Waals surface area contributed by atoms with Gasteiger partial charge in [0.15, 0.2) is 0 Å². The summed E-state index contributed by atoms with van der Waals surface area (Å²) in [6, 6.07) is 13.4. The Bertz CT molecular complexity index is 1180. The van der Waals surface area contributed by atoms with E-state index in [0.717, 1.165) is 41.8 Å². The van der Waals surface area contributed by atoms with Gasteiger partial charge in [0, 0.05) is 32.4 Å². The molecule has 0 amide bonds. The minimum absolute atomic E-state index is 0.261.